The average molecular weight is 357 g/mol. The second kappa shape index (κ2) is 7.38. The Morgan fingerprint density at radius 3 is 2.81 bits per heavy atom. The third-order valence-corrected chi connectivity index (χ3v) is 4.66. The van der Waals surface area contributed by atoms with Crippen LogP contribution in [0.25, 0.3) is 12.2 Å². The minimum absolute atomic E-state index is 0.319. The van der Waals surface area contributed by atoms with E-state index in [1.807, 2.05) is 36.4 Å². The molecule has 2 aromatic carbocycles. The number of ether oxygens (including phenoxy) is 1. The van der Waals surface area contributed by atoms with Crippen molar-refractivity contribution in [2.24, 2.45) is 0 Å². The zero-order valence-electron chi connectivity index (χ0n) is 15.1. The van der Waals surface area contributed by atoms with E-state index in [1.165, 1.54) is 11.1 Å². The molecule has 0 N–H and O–H groups in total. The fourth-order valence-corrected chi connectivity index (χ4v) is 3.27. The Balaban J connectivity index is 1.58. The summed E-state index contributed by atoms with van der Waals surface area (Å²) in [5.41, 5.74) is 3.90. The second-order valence-electron chi connectivity index (χ2n) is 6.37. The first kappa shape index (κ1) is 16.9. The molecule has 0 atom stereocenters. The van der Waals surface area contributed by atoms with E-state index in [9.17, 15) is 5.26 Å². The number of aromatic nitrogens is 1. The summed E-state index contributed by atoms with van der Waals surface area (Å²) < 4.78 is 11.1. The van der Waals surface area contributed by atoms with Crippen LogP contribution >= 0.6 is 0 Å². The topological polar surface area (TPSA) is 62.3 Å². The zero-order valence-corrected chi connectivity index (χ0v) is 15.1. The van der Waals surface area contributed by atoms with E-state index in [1.54, 1.807) is 13.2 Å². The van der Waals surface area contributed by atoms with Gasteiger partial charge in [0.25, 0.3) is 0 Å². The fraction of sp³-hybridized carbons (Fsp3) is 0.182. The van der Waals surface area contributed by atoms with Gasteiger partial charge in [-0.3, -0.25) is 0 Å². The molecule has 4 rings (SSSR count). The average Bonchev–Trinajstić information content (AvgIpc) is 3.15. The molecule has 5 heteroatoms. The smallest absolute Gasteiger partial charge is 0.235 e. The SMILES string of the molecule is COc1cccc(C=Cc2nc(C#N)c(N3CCc4ccccc4C3)o2)c1. The lowest BCUT2D eigenvalue weighted by Crippen LogP contribution is -2.30. The van der Waals surface area contributed by atoms with Crippen LogP contribution in [0.3, 0.4) is 0 Å². The number of nitriles is 1. The monoisotopic (exact) mass is 357 g/mol. The lowest BCUT2D eigenvalue weighted by Gasteiger charge is -2.28. The molecule has 134 valence electrons. The van der Waals surface area contributed by atoms with Gasteiger partial charge in [0.05, 0.1) is 7.11 Å². The van der Waals surface area contributed by atoms with Gasteiger partial charge in [0.2, 0.25) is 17.5 Å². The summed E-state index contributed by atoms with van der Waals surface area (Å²) in [7, 11) is 1.64. The number of fused-ring (bicyclic) bond motifs is 1. The fourth-order valence-electron chi connectivity index (χ4n) is 3.27. The number of rotatable bonds is 4. The minimum Gasteiger partial charge on any atom is -0.497 e. The van der Waals surface area contributed by atoms with Crippen molar-refractivity contribution in [3.05, 3.63) is 76.8 Å². The molecule has 0 bridgehead atoms. The van der Waals surface area contributed by atoms with Crippen LogP contribution in [0, 0.1) is 11.3 Å². The summed E-state index contributed by atoms with van der Waals surface area (Å²) in [5.74, 6) is 1.75. The Kier molecular flexibility index (Phi) is 4.63. The van der Waals surface area contributed by atoms with Crippen LogP contribution in [-0.2, 0) is 13.0 Å². The van der Waals surface area contributed by atoms with Gasteiger partial charge in [0, 0.05) is 19.2 Å². The van der Waals surface area contributed by atoms with Crippen LogP contribution in [0.5, 0.6) is 5.75 Å². The molecule has 0 saturated heterocycles. The summed E-state index contributed by atoms with van der Waals surface area (Å²) in [4.78, 5) is 6.41. The molecule has 27 heavy (non-hydrogen) atoms. The standard InChI is InChI=1S/C22H19N3O2/c1-26-19-8-4-5-16(13-19)9-10-21-24-20(14-23)22(27-21)25-12-11-17-6-2-3-7-18(17)15-25/h2-10,13H,11-12,15H2,1H3. The largest absolute Gasteiger partial charge is 0.497 e. The van der Waals surface area contributed by atoms with Gasteiger partial charge < -0.3 is 14.1 Å². The van der Waals surface area contributed by atoms with E-state index < -0.39 is 0 Å². The first-order valence-corrected chi connectivity index (χ1v) is 8.81. The van der Waals surface area contributed by atoms with Crippen LogP contribution in [-0.4, -0.2) is 18.6 Å². The van der Waals surface area contributed by atoms with Crippen molar-refractivity contribution in [1.29, 1.82) is 5.26 Å². The van der Waals surface area contributed by atoms with E-state index in [2.05, 4.69) is 34.2 Å². The molecule has 2 heterocycles. The molecule has 1 aromatic heterocycles. The molecule has 0 radical (unpaired) electrons. The van der Waals surface area contributed by atoms with E-state index in [4.69, 9.17) is 9.15 Å². The molecule has 0 aliphatic carbocycles. The van der Waals surface area contributed by atoms with Gasteiger partial charge in [0.15, 0.2) is 0 Å². The number of anilines is 1. The van der Waals surface area contributed by atoms with Crippen molar-refractivity contribution in [2.45, 2.75) is 13.0 Å². The predicted octanol–water partition coefficient (Wildman–Crippen LogP) is 4.29. The molecule has 0 spiro atoms. The number of benzene rings is 2. The highest BCUT2D eigenvalue weighted by Crippen LogP contribution is 2.28. The molecule has 1 aliphatic heterocycles. The van der Waals surface area contributed by atoms with Crippen molar-refractivity contribution in [3.63, 3.8) is 0 Å². The van der Waals surface area contributed by atoms with Crippen LogP contribution in [0.4, 0.5) is 5.88 Å². The van der Waals surface area contributed by atoms with E-state index in [0.717, 1.165) is 30.8 Å². The van der Waals surface area contributed by atoms with Gasteiger partial charge in [-0.2, -0.15) is 10.2 Å². The molecule has 5 nitrogen and oxygen atoms in total. The van der Waals surface area contributed by atoms with Gasteiger partial charge >= 0.3 is 0 Å². The third-order valence-electron chi connectivity index (χ3n) is 4.66. The maximum Gasteiger partial charge on any atom is 0.235 e. The number of oxazole rings is 1. The maximum atomic E-state index is 9.47. The van der Waals surface area contributed by atoms with Crippen LogP contribution in [0.15, 0.2) is 52.9 Å². The minimum atomic E-state index is 0.319. The first-order valence-electron chi connectivity index (χ1n) is 8.81. The van der Waals surface area contributed by atoms with Crippen molar-refractivity contribution >= 4 is 18.0 Å². The van der Waals surface area contributed by atoms with Crippen LogP contribution in [0.1, 0.15) is 28.3 Å². The summed E-state index contributed by atoms with van der Waals surface area (Å²) in [6, 6.07) is 18.2. The molecule has 0 saturated carbocycles. The lowest BCUT2D eigenvalue weighted by atomic mass is 10.00. The van der Waals surface area contributed by atoms with Gasteiger partial charge in [-0.15, -0.1) is 0 Å². The summed E-state index contributed by atoms with van der Waals surface area (Å²) in [5, 5.41) is 9.47. The van der Waals surface area contributed by atoms with Crippen molar-refractivity contribution in [3.8, 4) is 11.8 Å². The van der Waals surface area contributed by atoms with E-state index >= 15 is 0 Å². The molecular weight excluding hydrogens is 338 g/mol. The van der Waals surface area contributed by atoms with Gasteiger partial charge in [0.1, 0.15) is 11.8 Å². The normalized spacial score (nSPS) is 13.4. The second-order valence-corrected chi connectivity index (χ2v) is 6.37. The zero-order chi connectivity index (χ0) is 18.6. The van der Waals surface area contributed by atoms with Crippen LogP contribution in [0.2, 0.25) is 0 Å². The van der Waals surface area contributed by atoms with Gasteiger partial charge in [-0.1, -0.05) is 36.4 Å². The third kappa shape index (κ3) is 3.56. The first-order chi connectivity index (χ1) is 13.3. The number of nitrogens with zero attached hydrogens (tertiary/aromatic N) is 3. The summed E-state index contributed by atoms with van der Waals surface area (Å²) in [6.45, 7) is 1.53. The predicted molar refractivity (Wildman–Crippen MR) is 104 cm³/mol. The molecule has 1 aliphatic rings. The Labute approximate surface area is 158 Å². The van der Waals surface area contributed by atoms with Gasteiger partial charge in [-0.05, 0) is 41.3 Å². The molecule has 3 aromatic rings. The lowest BCUT2D eigenvalue weighted by molar-refractivity contribution is 0.414. The number of hydrogen-bond donors (Lipinski definition) is 0. The van der Waals surface area contributed by atoms with Crippen LogP contribution < -0.4 is 9.64 Å². The van der Waals surface area contributed by atoms with Gasteiger partial charge in [-0.25, -0.2) is 0 Å². The quantitative estimate of drug-likeness (QED) is 0.697. The van der Waals surface area contributed by atoms with E-state index in [-0.39, 0.29) is 0 Å². The Morgan fingerprint density at radius 1 is 1.15 bits per heavy atom. The Hall–Kier alpha value is -3.52. The maximum absolute atomic E-state index is 9.47. The summed E-state index contributed by atoms with van der Waals surface area (Å²) >= 11 is 0. The number of methoxy groups -OCH3 is 1. The Morgan fingerprint density at radius 2 is 2.00 bits per heavy atom. The molecule has 0 fully saturated rings. The van der Waals surface area contributed by atoms with Crippen molar-refractivity contribution in [2.75, 3.05) is 18.6 Å². The molecule has 0 unspecified atom stereocenters. The highest BCUT2D eigenvalue weighted by molar-refractivity contribution is 5.68. The Bertz CT molecular complexity index is 1030. The van der Waals surface area contributed by atoms with Crippen molar-refractivity contribution < 1.29 is 9.15 Å². The number of hydrogen-bond acceptors (Lipinski definition) is 5. The van der Waals surface area contributed by atoms with Crippen molar-refractivity contribution in [1.82, 2.24) is 4.98 Å². The highest BCUT2D eigenvalue weighted by atomic mass is 16.5. The van der Waals surface area contributed by atoms with E-state index in [0.29, 0.717) is 17.5 Å². The molecule has 0 amide bonds. The summed E-state index contributed by atoms with van der Waals surface area (Å²) in [6.07, 6.45) is 4.60. The molecular formula is C22H19N3O2. The highest BCUT2D eigenvalue weighted by Gasteiger charge is 2.23.